The third-order valence-corrected chi connectivity index (χ3v) is 10.3. The van der Waals surface area contributed by atoms with Gasteiger partial charge in [-0.05, 0) is 48.0 Å². The highest BCUT2D eigenvalue weighted by atomic mass is 35.5. The average molecular weight is 826 g/mol. The van der Waals surface area contributed by atoms with Crippen molar-refractivity contribution in [3.8, 4) is 28.2 Å². The molecule has 0 bridgehead atoms. The average Bonchev–Trinajstić information content (AvgIpc) is 3.25. The quantitative estimate of drug-likeness (QED) is 0.101. The lowest BCUT2D eigenvalue weighted by Gasteiger charge is -2.26. The normalized spacial score (nSPS) is 11.5. The fourth-order valence-corrected chi connectivity index (χ4v) is 7.61. The van der Waals surface area contributed by atoms with Gasteiger partial charge in [-0.1, -0.05) is 53.5 Å². The summed E-state index contributed by atoms with van der Waals surface area (Å²) in [5.74, 6) is -1.27. The van der Waals surface area contributed by atoms with Gasteiger partial charge in [0.05, 0.1) is 49.5 Å². The number of halogens is 2. The van der Waals surface area contributed by atoms with Crippen LogP contribution in [0.5, 0.6) is 5.75 Å². The molecule has 0 fully saturated rings. The van der Waals surface area contributed by atoms with E-state index in [2.05, 4.69) is 29.9 Å². The Morgan fingerprint density at radius 1 is 0.627 bits per heavy atom. The van der Waals surface area contributed by atoms with E-state index in [1.54, 1.807) is 73.8 Å². The van der Waals surface area contributed by atoms with E-state index in [-0.39, 0.29) is 57.9 Å². The zero-order valence-electron chi connectivity index (χ0n) is 31.2. The first-order chi connectivity index (χ1) is 28.7. The maximum absolute atomic E-state index is 14.3. The Morgan fingerprint density at radius 2 is 1.19 bits per heavy atom. The van der Waals surface area contributed by atoms with Crippen molar-refractivity contribution in [2.24, 2.45) is 0 Å². The molecule has 1 aliphatic heterocycles. The lowest BCUT2D eigenvalue weighted by atomic mass is 9.88. The molecule has 0 radical (unpaired) electrons. The SMILES string of the molecule is O=C(O)c1ccccc1-c1c2cc(Cl)c(=O)c(CN(Cc3ccccn3)Cc3cnccn3)c-2oc2c(CN(Cc3ccccn3)Cc3cnccn3)c(O)c(Cl)cc12. The van der Waals surface area contributed by atoms with E-state index in [4.69, 9.17) is 27.6 Å². The fourth-order valence-electron chi connectivity index (χ4n) is 7.17. The predicted molar refractivity (Wildman–Crippen MR) is 222 cm³/mol. The summed E-state index contributed by atoms with van der Waals surface area (Å²) in [6, 6.07) is 20.8. The highest BCUT2D eigenvalue weighted by molar-refractivity contribution is 6.33. The summed E-state index contributed by atoms with van der Waals surface area (Å²) in [5, 5.41) is 22.6. The molecule has 1 aliphatic carbocycles. The van der Waals surface area contributed by atoms with Crippen LogP contribution in [0.25, 0.3) is 33.4 Å². The summed E-state index contributed by atoms with van der Waals surface area (Å²) in [7, 11) is 0. The molecule has 0 saturated carbocycles. The maximum Gasteiger partial charge on any atom is 0.336 e. The van der Waals surface area contributed by atoms with E-state index in [0.717, 1.165) is 11.4 Å². The number of rotatable bonds is 14. The van der Waals surface area contributed by atoms with Crippen LogP contribution in [0.1, 0.15) is 44.3 Å². The van der Waals surface area contributed by atoms with Crippen molar-refractivity contribution in [2.75, 3.05) is 0 Å². The topological polar surface area (TPSA) is 172 Å². The molecule has 294 valence electrons. The summed E-state index contributed by atoms with van der Waals surface area (Å²) in [6.07, 6.45) is 13.1. The molecule has 0 unspecified atom stereocenters. The molecule has 6 aromatic rings. The number of carboxylic acid groups (broad SMARTS) is 1. The first-order valence-corrected chi connectivity index (χ1v) is 19.2. The minimum atomic E-state index is -1.17. The van der Waals surface area contributed by atoms with Crippen LogP contribution in [-0.2, 0) is 39.3 Å². The Morgan fingerprint density at radius 3 is 1.75 bits per heavy atom. The van der Waals surface area contributed by atoms with E-state index in [0.29, 0.717) is 58.7 Å². The highest BCUT2D eigenvalue weighted by Crippen LogP contribution is 2.47. The first-order valence-electron chi connectivity index (χ1n) is 18.4. The van der Waals surface area contributed by atoms with Crippen molar-refractivity contribution in [3.05, 3.63) is 182 Å². The standard InChI is InChI=1S/C44H34Cl2N8O5/c45-37-17-33-39(31-9-1-2-10-32(31)44(57)58)34-18-38(46)41(56)36(26-54(22-28-8-4-6-12-50-28)24-30-20-48-14-16-52-30)43(34)59-42(33)35(40(37)55)25-53(21-27-7-3-5-11-49-27)23-29-19-47-13-15-51-29/h1-20,55H,21-26H2,(H,57,58). The molecule has 8 rings (SSSR count). The molecule has 0 amide bonds. The number of carbonyl (C=O) groups is 1. The van der Waals surface area contributed by atoms with Gasteiger partial charge in [0.15, 0.2) is 0 Å². The maximum atomic E-state index is 14.3. The van der Waals surface area contributed by atoms with Crippen molar-refractivity contribution in [2.45, 2.75) is 39.3 Å². The summed E-state index contributed by atoms with van der Waals surface area (Å²) >= 11 is 13.7. The number of phenolic OH excluding ortho intramolecular Hbond substituents is 1. The Balaban J connectivity index is 1.37. The Labute approximate surface area is 347 Å². The van der Waals surface area contributed by atoms with Crippen molar-refractivity contribution < 1.29 is 19.4 Å². The number of phenols is 1. The van der Waals surface area contributed by atoms with Crippen molar-refractivity contribution in [3.63, 3.8) is 0 Å². The van der Waals surface area contributed by atoms with Crippen molar-refractivity contribution >= 4 is 40.1 Å². The van der Waals surface area contributed by atoms with E-state index >= 15 is 0 Å². The van der Waals surface area contributed by atoms with Gasteiger partial charge in [0.2, 0.25) is 5.43 Å². The summed E-state index contributed by atoms with van der Waals surface area (Å²) in [5.41, 5.74) is 4.11. The number of aromatic carboxylic acids is 1. The first kappa shape index (κ1) is 39.2. The van der Waals surface area contributed by atoms with Gasteiger partial charge in [-0.3, -0.25) is 44.5 Å². The smallest absolute Gasteiger partial charge is 0.336 e. The van der Waals surface area contributed by atoms with Crippen LogP contribution < -0.4 is 5.43 Å². The van der Waals surface area contributed by atoms with Gasteiger partial charge in [0.25, 0.3) is 0 Å². The van der Waals surface area contributed by atoms with Crippen LogP contribution in [0, 0.1) is 0 Å². The van der Waals surface area contributed by atoms with Gasteiger partial charge >= 0.3 is 5.97 Å². The van der Waals surface area contributed by atoms with Crippen LogP contribution in [0.2, 0.25) is 10.0 Å². The predicted octanol–water partition coefficient (Wildman–Crippen LogP) is 8.05. The second-order valence-corrected chi connectivity index (χ2v) is 14.6. The van der Waals surface area contributed by atoms with E-state index in [1.165, 1.54) is 12.1 Å². The fraction of sp³-hybridized carbons (Fsp3) is 0.136. The van der Waals surface area contributed by atoms with E-state index in [9.17, 15) is 19.8 Å². The van der Waals surface area contributed by atoms with Crippen LogP contribution in [0.3, 0.4) is 0 Å². The lowest BCUT2D eigenvalue weighted by molar-refractivity contribution is 0.0697. The number of carboxylic acids is 1. The molecule has 5 heterocycles. The van der Waals surface area contributed by atoms with Crippen LogP contribution in [-0.4, -0.2) is 55.9 Å². The molecule has 2 N–H and O–H groups in total. The molecule has 13 nitrogen and oxygen atoms in total. The number of hydrogen-bond donors (Lipinski definition) is 2. The Bertz CT molecular complexity index is 2700. The second kappa shape index (κ2) is 17.5. The molecular weight excluding hydrogens is 791 g/mol. The monoisotopic (exact) mass is 824 g/mol. The number of benzene rings is 3. The molecule has 2 aromatic carbocycles. The molecule has 2 aliphatic rings. The van der Waals surface area contributed by atoms with E-state index < -0.39 is 11.4 Å². The van der Waals surface area contributed by atoms with Gasteiger partial charge in [-0.15, -0.1) is 0 Å². The third-order valence-electron chi connectivity index (χ3n) is 9.74. The summed E-state index contributed by atoms with van der Waals surface area (Å²) in [4.78, 5) is 57.6. The van der Waals surface area contributed by atoms with E-state index in [1.807, 2.05) is 46.2 Å². The minimum Gasteiger partial charge on any atom is -0.506 e. The van der Waals surface area contributed by atoms with Crippen LogP contribution >= 0.6 is 23.2 Å². The number of nitrogens with zero attached hydrogens (tertiary/aromatic N) is 8. The number of fused-ring (bicyclic) bond motifs is 2. The molecule has 59 heavy (non-hydrogen) atoms. The van der Waals surface area contributed by atoms with Gasteiger partial charge in [-0.25, -0.2) is 4.79 Å². The summed E-state index contributed by atoms with van der Waals surface area (Å²) < 4.78 is 6.88. The summed E-state index contributed by atoms with van der Waals surface area (Å²) in [6.45, 7) is 1.33. The number of aromatic hydroxyl groups is 1. The van der Waals surface area contributed by atoms with Gasteiger partial charge in [0.1, 0.15) is 17.1 Å². The van der Waals surface area contributed by atoms with Crippen molar-refractivity contribution in [1.29, 1.82) is 0 Å². The number of pyridine rings is 2. The third kappa shape index (κ3) is 8.64. The Hall–Kier alpha value is -6.64. The molecule has 15 heteroatoms. The molecule has 0 atom stereocenters. The zero-order chi connectivity index (χ0) is 40.9. The zero-order valence-corrected chi connectivity index (χ0v) is 32.8. The Kier molecular flexibility index (Phi) is 11.6. The van der Waals surface area contributed by atoms with Crippen molar-refractivity contribution in [1.82, 2.24) is 39.7 Å². The molecular formula is C44H34Cl2N8O5. The largest absolute Gasteiger partial charge is 0.506 e. The molecule has 4 aromatic heterocycles. The number of hydrogen-bond acceptors (Lipinski definition) is 12. The van der Waals surface area contributed by atoms with Gasteiger partial charge < -0.3 is 14.6 Å². The molecule has 0 spiro atoms. The van der Waals surface area contributed by atoms with Gasteiger partial charge in [0, 0.05) is 105 Å². The lowest BCUT2D eigenvalue weighted by Crippen LogP contribution is -2.27. The number of aromatic nitrogens is 6. The molecule has 0 saturated heterocycles. The highest BCUT2D eigenvalue weighted by Gasteiger charge is 2.30. The van der Waals surface area contributed by atoms with Gasteiger partial charge in [-0.2, -0.15) is 0 Å². The van der Waals surface area contributed by atoms with Crippen LogP contribution in [0.4, 0.5) is 0 Å². The second-order valence-electron chi connectivity index (χ2n) is 13.8. The minimum absolute atomic E-state index is 0.00483. The van der Waals surface area contributed by atoms with Crippen LogP contribution in [0.15, 0.2) is 132 Å².